The van der Waals surface area contributed by atoms with Crippen LogP contribution in [0.3, 0.4) is 0 Å². The molecule has 0 aromatic heterocycles. The molecular weight excluding hydrogens is 212 g/mol. The normalized spacial score (nSPS) is 12.6. The van der Waals surface area contributed by atoms with Gasteiger partial charge in [0.2, 0.25) is 0 Å². The average Bonchev–Trinajstić information content (AvgIpc) is 2.16. The predicted octanol–water partition coefficient (Wildman–Crippen LogP) is 3.57. The molecule has 0 nitrogen and oxygen atoms in total. The van der Waals surface area contributed by atoms with E-state index in [1.807, 2.05) is 0 Å². The number of hydrogen-bond acceptors (Lipinski definition) is 0. The highest BCUT2D eigenvalue weighted by molar-refractivity contribution is 7.10. The summed E-state index contributed by atoms with van der Waals surface area (Å²) in [6, 6.07) is 10.9. The molecule has 0 saturated carbocycles. The van der Waals surface area contributed by atoms with Crippen molar-refractivity contribution in [1.29, 1.82) is 0 Å². The van der Waals surface area contributed by atoms with Gasteiger partial charge in [0, 0.05) is 0 Å². The molecule has 0 saturated heterocycles. The third-order valence-corrected chi connectivity index (χ3v) is 12.4. The van der Waals surface area contributed by atoms with Crippen LogP contribution in [0.25, 0.3) is 0 Å². The fourth-order valence-corrected chi connectivity index (χ4v) is 11.3. The molecule has 0 spiro atoms. The summed E-state index contributed by atoms with van der Waals surface area (Å²) >= 11 is 0. The van der Waals surface area contributed by atoms with Crippen LogP contribution in [0.15, 0.2) is 41.7 Å². The Kier molecular flexibility index (Phi) is 3.41. The Morgan fingerprint density at radius 2 is 1.40 bits per heavy atom. The molecular formula is C13H22Si2. The Bertz CT molecular complexity index is 345. The highest BCUT2D eigenvalue weighted by atomic mass is 28.4. The van der Waals surface area contributed by atoms with Crippen LogP contribution in [-0.2, 0) is 0 Å². The molecule has 0 heterocycles. The highest BCUT2D eigenvalue weighted by Gasteiger charge is 2.34. The van der Waals surface area contributed by atoms with Gasteiger partial charge in [-0.15, -0.1) is 6.58 Å². The Morgan fingerprint density at radius 3 is 1.80 bits per heavy atom. The zero-order chi connectivity index (χ0) is 11.7. The van der Waals surface area contributed by atoms with Gasteiger partial charge in [0.15, 0.2) is 0 Å². The second kappa shape index (κ2) is 4.10. The number of benzene rings is 1. The van der Waals surface area contributed by atoms with Crippen LogP contribution >= 0.6 is 0 Å². The maximum absolute atomic E-state index is 4.40. The summed E-state index contributed by atoms with van der Waals surface area (Å²) in [5, 5.41) is 1.51. The lowest BCUT2D eigenvalue weighted by Crippen LogP contribution is -2.50. The van der Waals surface area contributed by atoms with Crippen LogP contribution < -0.4 is 5.19 Å². The highest BCUT2D eigenvalue weighted by Crippen LogP contribution is 2.23. The average molecular weight is 234 g/mol. The molecule has 2 heteroatoms. The summed E-state index contributed by atoms with van der Waals surface area (Å²) in [4.78, 5) is 1.56. The van der Waals surface area contributed by atoms with E-state index in [4.69, 9.17) is 0 Å². The van der Waals surface area contributed by atoms with Crippen molar-refractivity contribution in [3.8, 4) is 0 Å². The first-order valence-electron chi connectivity index (χ1n) is 5.51. The Balaban J connectivity index is 3.09. The van der Waals surface area contributed by atoms with Crippen molar-refractivity contribution < 1.29 is 0 Å². The molecule has 0 N–H and O–H groups in total. The van der Waals surface area contributed by atoms with E-state index >= 15 is 0 Å². The smallest absolute Gasteiger partial charge is 0.103 e. The van der Waals surface area contributed by atoms with Gasteiger partial charge in [0.25, 0.3) is 0 Å². The zero-order valence-electron chi connectivity index (χ0n) is 10.6. The summed E-state index contributed by atoms with van der Waals surface area (Å²) in [5.41, 5.74) is 0. The van der Waals surface area contributed by atoms with Crippen LogP contribution in [-0.4, -0.2) is 16.1 Å². The summed E-state index contributed by atoms with van der Waals surface area (Å²) in [7, 11) is -2.66. The van der Waals surface area contributed by atoms with Crippen LogP contribution in [0.4, 0.5) is 0 Å². The first-order chi connectivity index (χ1) is 6.76. The summed E-state index contributed by atoms with van der Waals surface area (Å²) in [6.07, 6.45) is 0. The standard InChI is InChI=1S/C13H22Si2/c1-12(14(2,3)4)15(5,6)13-10-8-7-9-11-13/h7-11H,1H2,2-6H3. The number of rotatable bonds is 3. The van der Waals surface area contributed by atoms with Gasteiger partial charge in [0.1, 0.15) is 8.07 Å². The minimum atomic E-state index is -1.45. The van der Waals surface area contributed by atoms with Crippen LogP contribution in [0.1, 0.15) is 0 Å². The largest absolute Gasteiger partial charge is 0.107 e. The molecule has 0 amide bonds. The quantitative estimate of drug-likeness (QED) is 0.701. The molecule has 0 aliphatic carbocycles. The fourth-order valence-electron chi connectivity index (χ4n) is 1.97. The van der Waals surface area contributed by atoms with Crippen LogP contribution in [0.5, 0.6) is 0 Å². The van der Waals surface area contributed by atoms with E-state index in [2.05, 4.69) is 69.6 Å². The molecule has 1 aromatic carbocycles. The van der Waals surface area contributed by atoms with Crippen molar-refractivity contribution in [3.63, 3.8) is 0 Å². The first-order valence-corrected chi connectivity index (χ1v) is 12.0. The lowest BCUT2D eigenvalue weighted by molar-refractivity contribution is 1.65. The minimum Gasteiger partial charge on any atom is -0.107 e. The molecule has 1 aromatic rings. The van der Waals surface area contributed by atoms with Crippen molar-refractivity contribution in [2.45, 2.75) is 32.7 Å². The van der Waals surface area contributed by atoms with Gasteiger partial charge >= 0.3 is 0 Å². The van der Waals surface area contributed by atoms with Crippen molar-refractivity contribution in [2.75, 3.05) is 0 Å². The van der Waals surface area contributed by atoms with E-state index in [1.165, 1.54) is 5.19 Å². The molecule has 0 radical (unpaired) electrons. The Labute approximate surface area is 96.1 Å². The molecule has 0 aliphatic heterocycles. The Hall–Kier alpha value is -0.606. The van der Waals surface area contributed by atoms with Gasteiger partial charge < -0.3 is 0 Å². The predicted molar refractivity (Wildman–Crippen MR) is 76.0 cm³/mol. The molecule has 82 valence electrons. The molecule has 0 aliphatic rings. The SMILES string of the molecule is C=C([Si](C)(C)C)[Si](C)(C)c1ccccc1. The lowest BCUT2D eigenvalue weighted by Gasteiger charge is -2.33. The van der Waals surface area contributed by atoms with E-state index in [-0.39, 0.29) is 0 Å². The molecule has 0 unspecified atom stereocenters. The third kappa shape index (κ3) is 2.70. The van der Waals surface area contributed by atoms with Crippen LogP contribution in [0, 0.1) is 0 Å². The van der Waals surface area contributed by atoms with Gasteiger partial charge in [-0.1, -0.05) is 73.1 Å². The summed E-state index contributed by atoms with van der Waals surface area (Å²) < 4.78 is 0. The van der Waals surface area contributed by atoms with Crippen molar-refractivity contribution in [3.05, 3.63) is 41.7 Å². The summed E-state index contributed by atoms with van der Waals surface area (Å²) in [6.45, 7) is 16.4. The van der Waals surface area contributed by atoms with Crippen molar-refractivity contribution in [2.24, 2.45) is 0 Å². The van der Waals surface area contributed by atoms with Gasteiger partial charge in [-0.25, -0.2) is 0 Å². The molecule has 1 rings (SSSR count). The fraction of sp³-hybridized carbons (Fsp3) is 0.385. The van der Waals surface area contributed by atoms with Gasteiger partial charge in [0.05, 0.1) is 8.07 Å². The minimum absolute atomic E-state index is 1.21. The van der Waals surface area contributed by atoms with E-state index in [0.717, 1.165) is 0 Å². The number of hydrogen-bond donors (Lipinski definition) is 0. The van der Waals surface area contributed by atoms with Crippen molar-refractivity contribution >= 4 is 21.3 Å². The maximum Gasteiger partial charge on any atom is 0.103 e. The first kappa shape index (κ1) is 12.5. The molecule has 0 bridgehead atoms. The van der Waals surface area contributed by atoms with E-state index < -0.39 is 16.1 Å². The second-order valence-electron chi connectivity index (χ2n) is 5.72. The van der Waals surface area contributed by atoms with Gasteiger partial charge in [-0.2, -0.15) is 0 Å². The monoisotopic (exact) mass is 234 g/mol. The van der Waals surface area contributed by atoms with Gasteiger partial charge in [-0.05, 0) is 0 Å². The molecule has 0 atom stereocenters. The molecule has 15 heavy (non-hydrogen) atoms. The lowest BCUT2D eigenvalue weighted by atomic mass is 10.4. The topological polar surface area (TPSA) is 0 Å². The molecule has 0 fully saturated rings. The third-order valence-electron chi connectivity index (χ3n) is 3.16. The second-order valence-corrected chi connectivity index (χ2v) is 15.8. The summed E-state index contributed by atoms with van der Waals surface area (Å²) in [5.74, 6) is 0. The van der Waals surface area contributed by atoms with E-state index in [1.54, 1.807) is 4.82 Å². The van der Waals surface area contributed by atoms with Crippen LogP contribution in [0.2, 0.25) is 32.7 Å². The zero-order valence-corrected chi connectivity index (χ0v) is 12.6. The van der Waals surface area contributed by atoms with Gasteiger partial charge in [-0.3, -0.25) is 0 Å². The Morgan fingerprint density at radius 1 is 0.933 bits per heavy atom. The van der Waals surface area contributed by atoms with Crippen molar-refractivity contribution in [1.82, 2.24) is 0 Å². The maximum atomic E-state index is 4.40. The van der Waals surface area contributed by atoms with E-state index in [0.29, 0.717) is 0 Å². The van der Waals surface area contributed by atoms with E-state index in [9.17, 15) is 0 Å².